The average molecular weight is 711 g/mol. The first-order valence-corrected chi connectivity index (χ1v) is 18.9. The standard InChI is InChI=1S/C42H56N5O5/c1-4-34(10-7-5-6-9-30-13-15-31(16-14-30)21-22-42(43,27-49)28-50)45-26-33-25-32(17-20-39(33)51-29(2)3)41-46-40(47-52-41)37-12-8-11-36-35(37)18-19-38(36)44-23-24-48/h8,11-17,20,25,29,34,38,44,48-50H,4-7,9-10,18-19,21-24,27-28,43H2,1-3H3/q+1/t34?,38-/m0/s1. The van der Waals surface area contributed by atoms with E-state index in [-0.39, 0.29) is 38.0 Å². The largest absolute Gasteiger partial charge is 0.489 e. The summed E-state index contributed by atoms with van der Waals surface area (Å²) in [5, 5.41) is 35.9. The molecule has 1 unspecified atom stereocenters. The predicted molar refractivity (Wildman–Crippen MR) is 206 cm³/mol. The minimum atomic E-state index is -0.931. The van der Waals surface area contributed by atoms with Crippen LogP contribution in [0.3, 0.4) is 0 Å². The molecule has 10 nitrogen and oxygen atoms in total. The van der Waals surface area contributed by atoms with Crippen LogP contribution in [0.15, 0.2) is 65.2 Å². The molecule has 10 heteroatoms. The van der Waals surface area contributed by atoms with Crippen molar-refractivity contribution in [3.63, 3.8) is 0 Å². The van der Waals surface area contributed by atoms with Crippen LogP contribution in [0.1, 0.15) is 99.6 Å². The summed E-state index contributed by atoms with van der Waals surface area (Å²) in [5.41, 5.74) is 12.5. The van der Waals surface area contributed by atoms with E-state index >= 15 is 0 Å². The van der Waals surface area contributed by atoms with Crippen LogP contribution >= 0.6 is 0 Å². The zero-order valence-electron chi connectivity index (χ0n) is 31.0. The first-order valence-electron chi connectivity index (χ1n) is 18.9. The summed E-state index contributed by atoms with van der Waals surface area (Å²) < 4.78 is 11.9. The monoisotopic (exact) mass is 710 g/mol. The Morgan fingerprint density at radius 2 is 1.79 bits per heavy atom. The molecule has 0 saturated heterocycles. The number of hydrogen-bond donors (Lipinski definition) is 5. The lowest BCUT2D eigenvalue weighted by Gasteiger charge is -2.24. The number of nitrogens with zero attached hydrogens (tertiary/aromatic N) is 3. The van der Waals surface area contributed by atoms with Gasteiger partial charge in [-0.1, -0.05) is 65.8 Å². The summed E-state index contributed by atoms with van der Waals surface area (Å²) in [7, 11) is 0. The van der Waals surface area contributed by atoms with Gasteiger partial charge in [-0.05, 0) is 99.2 Å². The van der Waals surface area contributed by atoms with E-state index in [1.54, 1.807) is 0 Å². The molecule has 5 rings (SSSR count). The minimum absolute atomic E-state index is 0.00150. The molecule has 0 saturated carbocycles. The number of aryl methyl sites for hydroxylation is 2. The molecule has 0 amide bonds. The molecular formula is C42H56N5O5+. The zero-order chi connectivity index (χ0) is 36.9. The summed E-state index contributed by atoms with van der Waals surface area (Å²) in [5.74, 6) is 1.72. The highest BCUT2D eigenvalue weighted by Gasteiger charge is 2.27. The smallest absolute Gasteiger partial charge is 0.315 e. The van der Waals surface area contributed by atoms with Crippen LogP contribution in [0.5, 0.6) is 5.75 Å². The number of hydrogen-bond acceptors (Lipinski definition) is 9. The van der Waals surface area contributed by atoms with Gasteiger partial charge >= 0.3 is 6.07 Å². The summed E-state index contributed by atoms with van der Waals surface area (Å²) in [6, 6.07) is 24.3. The van der Waals surface area contributed by atoms with Gasteiger partial charge in [0.2, 0.25) is 5.82 Å². The molecule has 52 heavy (non-hydrogen) atoms. The van der Waals surface area contributed by atoms with E-state index in [1.807, 2.05) is 44.2 Å². The maximum Gasteiger partial charge on any atom is 0.315 e. The van der Waals surface area contributed by atoms with Gasteiger partial charge in [0.05, 0.1) is 31.5 Å². The van der Waals surface area contributed by atoms with Gasteiger partial charge in [0.15, 0.2) is 0 Å². The molecule has 0 spiro atoms. The quantitative estimate of drug-likeness (QED) is 0.0675. The van der Waals surface area contributed by atoms with Gasteiger partial charge in [0.25, 0.3) is 11.9 Å². The van der Waals surface area contributed by atoms with Crippen LogP contribution in [0.25, 0.3) is 27.7 Å². The van der Waals surface area contributed by atoms with E-state index in [9.17, 15) is 15.3 Å². The van der Waals surface area contributed by atoms with Crippen molar-refractivity contribution in [2.24, 2.45) is 5.73 Å². The molecule has 1 heterocycles. The van der Waals surface area contributed by atoms with Crippen molar-refractivity contribution in [3.8, 4) is 34.7 Å². The normalized spacial score (nSPS) is 14.7. The molecule has 6 N–H and O–H groups in total. The number of ether oxygens (including phenoxy) is 1. The summed E-state index contributed by atoms with van der Waals surface area (Å²) in [4.78, 5) is 9.70. The Morgan fingerprint density at radius 1 is 1.02 bits per heavy atom. The maximum atomic E-state index is 9.43. The number of aromatic nitrogens is 2. The molecule has 3 aromatic carbocycles. The van der Waals surface area contributed by atoms with Crippen LogP contribution in [-0.2, 0) is 19.3 Å². The number of benzene rings is 3. The van der Waals surface area contributed by atoms with Gasteiger partial charge < -0.3 is 35.6 Å². The fourth-order valence-electron chi connectivity index (χ4n) is 6.75. The second kappa shape index (κ2) is 19.1. The number of aliphatic hydroxyl groups excluding tert-OH is 3. The second-order valence-electron chi connectivity index (χ2n) is 14.3. The Morgan fingerprint density at radius 3 is 2.50 bits per heavy atom. The van der Waals surface area contributed by atoms with E-state index in [2.05, 4.69) is 53.8 Å². The number of unbranched alkanes of at least 4 members (excludes halogenated alkanes) is 2. The van der Waals surface area contributed by atoms with E-state index < -0.39 is 5.54 Å². The van der Waals surface area contributed by atoms with Crippen molar-refractivity contribution in [2.75, 3.05) is 26.4 Å². The van der Waals surface area contributed by atoms with Crippen LogP contribution in [0.2, 0.25) is 0 Å². The van der Waals surface area contributed by atoms with Crippen molar-refractivity contribution < 1.29 is 24.6 Å². The fourth-order valence-corrected chi connectivity index (χ4v) is 6.75. The van der Waals surface area contributed by atoms with Gasteiger partial charge in [-0.15, -0.1) is 0 Å². The van der Waals surface area contributed by atoms with Crippen molar-refractivity contribution in [3.05, 3.63) is 93.3 Å². The van der Waals surface area contributed by atoms with Crippen molar-refractivity contribution in [1.29, 1.82) is 0 Å². The molecule has 1 aromatic heterocycles. The lowest BCUT2D eigenvalue weighted by molar-refractivity contribution is 0.115. The second-order valence-corrected chi connectivity index (χ2v) is 14.3. The SMILES string of the molecule is CCC(CCCCCc1ccc(CCC(N)(CO)CO)cc1)[N+]#Cc1cc(-c2nc(-c3cccc4c3CC[C@@H]4NCCO)no2)ccc1OC(C)C. The first-order chi connectivity index (χ1) is 25.2. The summed E-state index contributed by atoms with van der Waals surface area (Å²) >= 11 is 0. The van der Waals surface area contributed by atoms with Gasteiger partial charge in [0, 0.05) is 36.6 Å². The molecule has 4 aromatic rings. The van der Waals surface area contributed by atoms with Crippen LogP contribution in [0.4, 0.5) is 0 Å². The molecule has 0 aliphatic heterocycles. The lowest BCUT2D eigenvalue weighted by Crippen LogP contribution is -2.47. The Labute approximate surface area is 308 Å². The van der Waals surface area contributed by atoms with Crippen molar-refractivity contribution >= 4 is 0 Å². The third-order valence-electron chi connectivity index (χ3n) is 9.94. The van der Waals surface area contributed by atoms with E-state index in [4.69, 9.17) is 24.8 Å². The average Bonchev–Trinajstić information content (AvgIpc) is 3.83. The molecule has 0 fully saturated rings. The minimum Gasteiger partial charge on any atom is -0.489 e. The third kappa shape index (κ3) is 10.5. The molecule has 278 valence electrons. The van der Waals surface area contributed by atoms with E-state index in [1.165, 1.54) is 16.7 Å². The predicted octanol–water partition coefficient (Wildman–Crippen LogP) is 6.64. The number of aliphatic hydroxyl groups is 3. The highest BCUT2D eigenvalue weighted by molar-refractivity contribution is 5.67. The lowest BCUT2D eigenvalue weighted by atomic mass is 9.93. The van der Waals surface area contributed by atoms with Crippen molar-refractivity contribution in [2.45, 2.75) is 109 Å². The molecule has 1 aliphatic carbocycles. The Kier molecular flexibility index (Phi) is 14.4. The molecule has 0 bridgehead atoms. The zero-order valence-corrected chi connectivity index (χ0v) is 31.0. The molecule has 1 aliphatic rings. The first kappa shape index (κ1) is 39.1. The molecular weight excluding hydrogens is 654 g/mol. The summed E-state index contributed by atoms with van der Waals surface area (Å²) in [6.45, 7) is 6.41. The van der Waals surface area contributed by atoms with Gasteiger partial charge in [0.1, 0.15) is 11.3 Å². The van der Waals surface area contributed by atoms with Crippen LogP contribution in [0, 0.1) is 6.07 Å². The van der Waals surface area contributed by atoms with Crippen LogP contribution in [-0.4, -0.2) is 69.5 Å². The molecule has 2 atom stereocenters. The summed E-state index contributed by atoms with van der Waals surface area (Å²) in [6.07, 6.45) is 9.41. The highest BCUT2D eigenvalue weighted by atomic mass is 16.5. The Balaban J connectivity index is 1.19. The Hall–Kier alpha value is -4.11. The number of fused-ring (bicyclic) bond motifs is 1. The maximum absolute atomic E-state index is 9.43. The topological polar surface area (TPSA) is 151 Å². The third-order valence-corrected chi connectivity index (χ3v) is 9.94. The highest BCUT2D eigenvalue weighted by Crippen LogP contribution is 2.37. The van der Waals surface area contributed by atoms with E-state index in [0.717, 1.165) is 85.8 Å². The van der Waals surface area contributed by atoms with Gasteiger partial charge in [-0.2, -0.15) is 4.98 Å². The Bertz CT molecular complexity index is 1770. The van der Waals surface area contributed by atoms with Crippen LogP contribution < -0.4 is 15.8 Å². The van der Waals surface area contributed by atoms with E-state index in [0.29, 0.717) is 24.7 Å². The van der Waals surface area contributed by atoms with Gasteiger partial charge in [-0.25, -0.2) is 0 Å². The fraction of sp³-hybridized carbons (Fsp3) is 0.500. The van der Waals surface area contributed by atoms with Crippen molar-refractivity contribution in [1.82, 2.24) is 15.5 Å². The molecule has 0 radical (unpaired) electrons. The number of nitrogens with one attached hydrogen (secondary N) is 1. The number of rotatable bonds is 19. The number of nitrogens with two attached hydrogens (primary N) is 1. The van der Waals surface area contributed by atoms with Gasteiger partial charge in [-0.3, -0.25) is 0 Å².